The van der Waals surface area contributed by atoms with Gasteiger partial charge < -0.3 is 10.2 Å². The van der Waals surface area contributed by atoms with Crippen LogP contribution < -0.4 is 0 Å². The predicted molar refractivity (Wildman–Crippen MR) is 77.9 cm³/mol. The van der Waals surface area contributed by atoms with Crippen LogP contribution >= 0.6 is 0 Å². The molecule has 3 fully saturated rings. The molecule has 7 heteroatoms. The van der Waals surface area contributed by atoms with Gasteiger partial charge >= 0.3 is 11.9 Å². The van der Waals surface area contributed by atoms with Crippen LogP contribution in [0.4, 0.5) is 0 Å². The second-order valence-corrected chi connectivity index (χ2v) is 6.79. The molecular weight excluding hydrogens is 312 g/mol. The van der Waals surface area contributed by atoms with Gasteiger partial charge in [0, 0.05) is 11.5 Å². The fourth-order valence-electron chi connectivity index (χ4n) is 5.18. The van der Waals surface area contributed by atoms with Gasteiger partial charge in [0.25, 0.3) is 0 Å². The molecule has 6 atom stereocenters. The first kappa shape index (κ1) is 16.2. The van der Waals surface area contributed by atoms with Crippen molar-refractivity contribution in [3.63, 3.8) is 0 Å². The number of allylic oxidation sites excluding steroid dienone is 2. The van der Waals surface area contributed by atoms with E-state index in [0.29, 0.717) is 12.8 Å². The van der Waals surface area contributed by atoms with E-state index < -0.39 is 41.5 Å². The van der Waals surface area contributed by atoms with E-state index in [1.54, 1.807) is 12.1 Å². The predicted octanol–water partition coefficient (Wildman–Crippen LogP) is 1.37. The average Bonchev–Trinajstić information content (AvgIpc) is 2.83. The summed E-state index contributed by atoms with van der Waals surface area (Å²) in [6.45, 7) is 0. The molecule has 3 aliphatic carbocycles. The van der Waals surface area contributed by atoms with E-state index >= 15 is 0 Å². The topological polar surface area (TPSA) is 139 Å². The van der Waals surface area contributed by atoms with Crippen molar-refractivity contribution in [1.29, 1.82) is 10.5 Å². The highest BCUT2D eigenvalue weighted by molar-refractivity contribution is 6.03. The Hall–Kier alpha value is -2.67. The van der Waals surface area contributed by atoms with Gasteiger partial charge in [0.2, 0.25) is 0 Å². The van der Waals surface area contributed by atoms with Crippen molar-refractivity contribution in [1.82, 2.24) is 0 Å². The van der Waals surface area contributed by atoms with E-state index in [4.69, 9.17) is 10.5 Å². The molecule has 0 aromatic heterocycles. The number of carbonyl (C=O) groups is 3. The number of carbonyl (C=O) groups excluding carboxylic acids is 1. The van der Waals surface area contributed by atoms with E-state index in [1.165, 1.54) is 0 Å². The van der Waals surface area contributed by atoms with Gasteiger partial charge in [-0.15, -0.1) is 0 Å². The molecule has 0 heterocycles. The Labute approximate surface area is 138 Å². The van der Waals surface area contributed by atoms with Crippen molar-refractivity contribution in [2.75, 3.05) is 0 Å². The number of carboxylic acids is 2. The lowest BCUT2D eigenvalue weighted by atomic mass is 9.56. The normalized spacial score (nSPS) is 37.1. The molecule has 0 saturated heterocycles. The highest BCUT2D eigenvalue weighted by atomic mass is 16.4. The first-order valence-corrected chi connectivity index (χ1v) is 7.96. The molecule has 0 bridgehead atoms. The Kier molecular flexibility index (Phi) is 3.88. The highest BCUT2D eigenvalue weighted by Crippen LogP contribution is 2.59. The number of carboxylic acid groups (broad SMARTS) is 2. The molecule has 0 aromatic rings. The van der Waals surface area contributed by atoms with Crippen molar-refractivity contribution in [2.45, 2.75) is 25.7 Å². The second-order valence-electron chi connectivity index (χ2n) is 6.79. The van der Waals surface area contributed by atoms with E-state index in [1.807, 2.05) is 0 Å². The SMILES string of the molecule is N#CC(C#N)=C1C(=O)C2CCC(C(=O)O)C3C(C(=O)O)CCC1C23. The number of nitriles is 2. The number of rotatable bonds is 2. The number of hydrogen-bond acceptors (Lipinski definition) is 5. The molecule has 0 spiro atoms. The van der Waals surface area contributed by atoms with Crippen molar-refractivity contribution in [3.8, 4) is 12.1 Å². The van der Waals surface area contributed by atoms with Crippen LogP contribution in [0.5, 0.6) is 0 Å². The van der Waals surface area contributed by atoms with Crippen LogP contribution in [0.25, 0.3) is 0 Å². The van der Waals surface area contributed by atoms with E-state index in [-0.39, 0.29) is 35.7 Å². The summed E-state index contributed by atoms with van der Waals surface area (Å²) in [6.07, 6.45) is 1.28. The van der Waals surface area contributed by atoms with Gasteiger partial charge in [-0.05, 0) is 43.4 Å². The summed E-state index contributed by atoms with van der Waals surface area (Å²) in [6, 6.07) is 3.54. The Morgan fingerprint density at radius 1 is 0.875 bits per heavy atom. The fourth-order valence-corrected chi connectivity index (χ4v) is 5.18. The number of ketones is 1. The lowest BCUT2D eigenvalue weighted by Crippen LogP contribution is -2.48. The Morgan fingerprint density at radius 2 is 1.38 bits per heavy atom. The number of nitrogens with zero attached hydrogens (tertiary/aromatic N) is 2. The number of aliphatic carboxylic acids is 2. The summed E-state index contributed by atoms with van der Waals surface area (Å²) >= 11 is 0. The van der Waals surface area contributed by atoms with Gasteiger partial charge in [-0.3, -0.25) is 14.4 Å². The summed E-state index contributed by atoms with van der Waals surface area (Å²) in [5, 5.41) is 37.3. The number of hydrogen-bond donors (Lipinski definition) is 2. The largest absolute Gasteiger partial charge is 0.481 e. The maximum atomic E-state index is 12.7. The van der Waals surface area contributed by atoms with Crippen molar-refractivity contribution in [2.24, 2.45) is 35.5 Å². The molecule has 0 aromatic carbocycles. The molecule has 2 N–H and O–H groups in total. The minimum atomic E-state index is -1.03. The van der Waals surface area contributed by atoms with Crippen LogP contribution in [0.15, 0.2) is 11.1 Å². The van der Waals surface area contributed by atoms with Crippen LogP contribution in [-0.4, -0.2) is 27.9 Å². The zero-order chi connectivity index (χ0) is 17.6. The van der Waals surface area contributed by atoms with Gasteiger partial charge in [-0.1, -0.05) is 0 Å². The molecule has 24 heavy (non-hydrogen) atoms. The maximum Gasteiger partial charge on any atom is 0.306 e. The van der Waals surface area contributed by atoms with Gasteiger partial charge in [0.15, 0.2) is 5.78 Å². The lowest BCUT2D eigenvalue weighted by molar-refractivity contribution is -0.159. The first-order valence-electron chi connectivity index (χ1n) is 7.96. The summed E-state index contributed by atoms with van der Waals surface area (Å²) in [5.41, 5.74) is -0.00585. The summed E-state index contributed by atoms with van der Waals surface area (Å²) in [4.78, 5) is 36.0. The monoisotopic (exact) mass is 328 g/mol. The average molecular weight is 328 g/mol. The zero-order valence-corrected chi connectivity index (χ0v) is 12.8. The van der Waals surface area contributed by atoms with Gasteiger partial charge in [-0.2, -0.15) is 10.5 Å². The Bertz CT molecular complexity index is 709. The molecule has 3 rings (SSSR count). The summed E-state index contributed by atoms with van der Waals surface area (Å²) < 4.78 is 0. The Balaban J connectivity index is 2.13. The Morgan fingerprint density at radius 3 is 1.83 bits per heavy atom. The molecule has 3 saturated carbocycles. The standard InChI is InChI=1S/C17H16N2O5/c18-5-7(6-19)12-8-1-3-10(16(21)22)14-11(17(23)24)4-2-9(13(8)14)15(12)20/h8-11,13-14H,1-4H2,(H,21,22)(H,23,24). The molecule has 7 nitrogen and oxygen atoms in total. The molecule has 124 valence electrons. The number of Topliss-reactive ketones (excluding diaryl/α,β-unsaturated/α-hetero) is 1. The molecule has 6 unspecified atom stereocenters. The molecule has 0 amide bonds. The van der Waals surface area contributed by atoms with Crippen LogP contribution in [0.2, 0.25) is 0 Å². The van der Waals surface area contributed by atoms with Crippen LogP contribution in [0.3, 0.4) is 0 Å². The van der Waals surface area contributed by atoms with E-state index in [0.717, 1.165) is 0 Å². The third-order valence-corrected chi connectivity index (χ3v) is 5.98. The van der Waals surface area contributed by atoms with Crippen molar-refractivity contribution >= 4 is 17.7 Å². The van der Waals surface area contributed by atoms with E-state index in [9.17, 15) is 24.6 Å². The minimum Gasteiger partial charge on any atom is -0.481 e. The quantitative estimate of drug-likeness (QED) is 0.576. The molecule has 0 aliphatic heterocycles. The summed E-state index contributed by atoms with van der Waals surface area (Å²) in [7, 11) is 0. The van der Waals surface area contributed by atoms with E-state index in [2.05, 4.69) is 0 Å². The van der Waals surface area contributed by atoms with Crippen LogP contribution in [0.1, 0.15) is 25.7 Å². The molecule has 3 aliphatic rings. The fraction of sp³-hybridized carbons (Fsp3) is 0.588. The maximum absolute atomic E-state index is 12.7. The lowest BCUT2D eigenvalue weighted by Gasteiger charge is -2.46. The van der Waals surface area contributed by atoms with Crippen LogP contribution in [-0.2, 0) is 14.4 Å². The first-order chi connectivity index (χ1) is 11.4. The van der Waals surface area contributed by atoms with Crippen molar-refractivity contribution in [3.05, 3.63) is 11.1 Å². The van der Waals surface area contributed by atoms with Crippen LogP contribution in [0, 0.1) is 58.2 Å². The van der Waals surface area contributed by atoms with Gasteiger partial charge in [0.05, 0.1) is 11.8 Å². The third-order valence-electron chi connectivity index (χ3n) is 5.98. The van der Waals surface area contributed by atoms with Gasteiger partial charge in [0.1, 0.15) is 17.7 Å². The molecule has 0 radical (unpaired) electrons. The minimum absolute atomic E-state index is 0.204. The third kappa shape index (κ3) is 2.12. The summed E-state index contributed by atoms with van der Waals surface area (Å²) in [5.74, 6) is -5.78. The smallest absolute Gasteiger partial charge is 0.306 e. The van der Waals surface area contributed by atoms with Gasteiger partial charge in [-0.25, -0.2) is 0 Å². The molecular formula is C17H16N2O5. The highest BCUT2D eigenvalue weighted by Gasteiger charge is 2.60. The zero-order valence-electron chi connectivity index (χ0n) is 12.8. The van der Waals surface area contributed by atoms with Crippen molar-refractivity contribution < 1.29 is 24.6 Å². The second kappa shape index (κ2) is 5.76.